The van der Waals surface area contributed by atoms with Crippen LogP contribution < -0.4 is 10.6 Å². The summed E-state index contributed by atoms with van der Waals surface area (Å²) < 4.78 is 0. The number of hydrogen-bond donors (Lipinski definition) is 2. The molecule has 0 bridgehead atoms. The normalized spacial score (nSPS) is 18.6. The summed E-state index contributed by atoms with van der Waals surface area (Å²) in [6.07, 6.45) is 4.81. The lowest BCUT2D eigenvalue weighted by atomic mass is 9.99. The highest BCUT2D eigenvalue weighted by molar-refractivity contribution is 7.98. The Bertz CT molecular complexity index is 250. The van der Waals surface area contributed by atoms with Crippen LogP contribution in [0.15, 0.2) is 4.99 Å². The number of nitrogens with one attached hydrogen (secondary N) is 2. The van der Waals surface area contributed by atoms with Crippen molar-refractivity contribution in [3.8, 4) is 0 Å². The number of hydrogen-bond acceptors (Lipinski definition) is 3. The monoisotopic (exact) mass is 286 g/mol. The van der Waals surface area contributed by atoms with E-state index in [2.05, 4.69) is 40.6 Å². The molecule has 2 N–H and O–H groups in total. The Morgan fingerprint density at radius 3 is 2.68 bits per heavy atom. The van der Waals surface area contributed by atoms with Gasteiger partial charge in [-0.2, -0.15) is 11.8 Å². The topological polar surface area (TPSA) is 39.7 Å². The first-order chi connectivity index (χ1) is 9.26. The molecule has 0 unspecified atom stereocenters. The average molecular weight is 286 g/mol. The van der Waals surface area contributed by atoms with Crippen LogP contribution >= 0.6 is 11.8 Å². The van der Waals surface area contributed by atoms with Gasteiger partial charge in [0.25, 0.3) is 0 Å². The maximum Gasteiger partial charge on any atom is 0.191 e. The van der Waals surface area contributed by atoms with Crippen molar-refractivity contribution in [3.63, 3.8) is 0 Å². The molecule has 1 aliphatic heterocycles. The van der Waals surface area contributed by atoms with E-state index in [-0.39, 0.29) is 0 Å². The average Bonchev–Trinajstić information content (AvgIpc) is 2.41. The minimum atomic E-state index is 0.892. The Balaban J connectivity index is 2.22. The summed E-state index contributed by atoms with van der Waals surface area (Å²) >= 11 is 1.85. The first kappa shape index (κ1) is 16.6. The van der Waals surface area contributed by atoms with Gasteiger partial charge in [-0.05, 0) is 45.0 Å². The lowest BCUT2D eigenvalue weighted by molar-refractivity contribution is 0.197. The van der Waals surface area contributed by atoms with Crippen molar-refractivity contribution in [3.05, 3.63) is 0 Å². The first-order valence-corrected chi connectivity index (χ1v) is 8.89. The van der Waals surface area contributed by atoms with E-state index in [9.17, 15) is 0 Å². The lowest BCUT2D eigenvalue weighted by Gasteiger charge is -2.29. The van der Waals surface area contributed by atoms with Crippen molar-refractivity contribution in [2.45, 2.75) is 26.7 Å². The summed E-state index contributed by atoms with van der Waals surface area (Å²) in [7, 11) is 0. The Morgan fingerprint density at radius 1 is 1.32 bits per heavy atom. The molecule has 19 heavy (non-hydrogen) atoms. The summed E-state index contributed by atoms with van der Waals surface area (Å²) in [6, 6.07) is 0. The summed E-state index contributed by atoms with van der Waals surface area (Å²) in [6.45, 7) is 10.8. The number of likely N-dealkylation sites (tertiary alicyclic amines) is 1. The summed E-state index contributed by atoms with van der Waals surface area (Å²) in [5.41, 5.74) is 0. The van der Waals surface area contributed by atoms with E-state index in [0.717, 1.165) is 43.8 Å². The minimum Gasteiger partial charge on any atom is -0.357 e. The van der Waals surface area contributed by atoms with Crippen molar-refractivity contribution in [2.75, 3.05) is 51.3 Å². The second-order valence-electron chi connectivity index (χ2n) is 5.20. The van der Waals surface area contributed by atoms with Gasteiger partial charge in [0.15, 0.2) is 5.96 Å². The summed E-state index contributed by atoms with van der Waals surface area (Å²) in [4.78, 5) is 7.18. The van der Waals surface area contributed by atoms with Crippen molar-refractivity contribution < 1.29 is 0 Å². The molecule has 1 fully saturated rings. The van der Waals surface area contributed by atoms with Crippen LogP contribution in [0.4, 0.5) is 0 Å². The van der Waals surface area contributed by atoms with Crippen LogP contribution in [0, 0.1) is 5.92 Å². The number of thioether (sulfide) groups is 1. The van der Waals surface area contributed by atoms with Gasteiger partial charge in [-0.15, -0.1) is 0 Å². The number of aliphatic imine (C=N–C) groups is 1. The van der Waals surface area contributed by atoms with Crippen LogP contribution in [0.1, 0.15) is 26.7 Å². The van der Waals surface area contributed by atoms with Gasteiger partial charge < -0.3 is 15.5 Å². The lowest BCUT2D eigenvalue weighted by Crippen LogP contribution is -2.39. The predicted octanol–water partition coefficient (Wildman–Crippen LogP) is 1.64. The molecule has 1 saturated heterocycles. The third-order valence-electron chi connectivity index (χ3n) is 3.51. The molecule has 0 aromatic rings. The van der Waals surface area contributed by atoms with Crippen LogP contribution in [0.5, 0.6) is 0 Å². The van der Waals surface area contributed by atoms with E-state index in [1.54, 1.807) is 0 Å². The molecular weight excluding hydrogens is 256 g/mol. The highest BCUT2D eigenvalue weighted by atomic mass is 32.2. The van der Waals surface area contributed by atoms with Crippen molar-refractivity contribution in [1.29, 1.82) is 0 Å². The molecule has 0 aromatic heterocycles. The van der Waals surface area contributed by atoms with E-state index in [4.69, 9.17) is 0 Å². The summed E-state index contributed by atoms with van der Waals surface area (Å²) in [5.74, 6) is 2.99. The van der Waals surface area contributed by atoms with E-state index in [1.807, 2.05) is 11.8 Å². The largest absolute Gasteiger partial charge is 0.357 e. The molecule has 0 amide bonds. The Labute approximate surface area is 122 Å². The molecule has 0 atom stereocenters. The van der Waals surface area contributed by atoms with Crippen molar-refractivity contribution >= 4 is 17.7 Å². The number of nitrogens with zero attached hydrogens (tertiary/aromatic N) is 2. The fraction of sp³-hybridized carbons (Fsp3) is 0.929. The van der Waals surface area contributed by atoms with Gasteiger partial charge in [0.05, 0.1) is 6.54 Å². The fourth-order valence-electron chi connectivity index (χ4n) is 2.20. The molecular formula is C14H30N4S. The number of guanidine groups is 1. The molecule has 5 heteroatoms. The maximum atomic E-state index is 4.64. The van der Waals surface area contributed by atoms with Gasteiger partial charge in [-0.1, -0.05) is 6.92 Å². The van der Waals surface area contributed by atoms with Crippen LogP contribution in [-0.2, 0) is 0 Å². The van der Waals surface area contributed by atoms with Gasteiger partial charge in [-0.25, -0.2) is 0 Å². The van der Waals surface area contributed by atoms with Crippen molar-refractivity contribution in [1.82, 2.24) is 15.5 Å². The van der Waals surface area contributed by atoms with Gasteiger partial charge >= 0.3 is 0 Å². The van der Waals surface area contributed by atoms with Crippen LogP contribution in [0.3, 0.4) is 0 Å². The molecule has 1 aliphatic rings. The van der Waals surface area contributed by atoms with Crippen LogP contribution in [-0.4, -0.2) is 62.1 Å². The highest BCUT2D eigenvalue weighted by Gasteiger charge is 2.14. The second-order valence-corrected chi connectivity index (χ2v) is 6.19. The molecule has 0 spiro atoms. The fourth-order valence-corrected chi connectivity index (χ4v) is 2.51. The second kappa shape index (κ2) is 10.4. The molecule has 1 rings (SSSR count). The smallest absolute Gasteiger partial charge is 0.191 e. The quantitative estimate of drug-likeness (QED) is 0.424. The van der Waals surface area contributed by atoms with E-state index in [1.165, 1.54) is 25.9 Å². The van der Waals surface area contributed by atoms with Gasteiger partial charge in [0.2, 0.25) is 0 Å². The molecule has 0 aliphatic carbocycles. The molecule has 0 radical (unpaired) electrons. The molecule has 0 aromatic carbocycles. The zero-order valence-electron chi connectivity index (χ0n) is 12.7. The van der Waals surface area contributed by atoms with Crippen molar-refractivity contribution in [2.24, 2.45) is 10.9 Å². The standard InChI is InChI=1S/C14H30N4S/c1-4-15-14(17-8-12-19-3)16-7-11-18-9-5-13(2)6-10-18/h13H,4-12H2,1-3H3,(H2,15,16,17). The third kappa shape index (κ3) is 7.67. The molecule has 0 saturated carbocycles. The zero-order valence-corrected chi connectivity index (χ0v) is 13.6. The third-order valence-corrected chi connectivity index (χ3v) is 4.12. The SMILES string of the molecule is CCNC(=NCCN1CCC(C)CC1)NCCSC. The van der Waals surface area contributed by atoms with Gasteiger partial charge in [0, 0.05) is 25.4 Å². The van der Waals surface area contributed by atoms with E-state index < -0.39 is 0 Å². The van der Waals surface area contributed by atoms with Crippen LogP contribution in [0.25, 0.3) is 0 Å². The highest BCUT2D eigenvalue weighted by Crippen LogP contribution is 2.15. The van der Waals surface area contributed by atoms with E-state index in [0.29, 0.717) is 0 Å². The summed E-state index contributed by atoms with van der Waals surface area (Å²) in [5, 5.41) is 6.66. The van der Waals surface area contributed by atoms with Crippen LogP contribution in [0.2, 0.25) is 0 Å². The Kier molecular flexibility index (Phi) is 9.08. The van der Waals surface area contributed by atoms with Gasteiger partial charge in [0.1, 0.15) is 0 Å². The maximum absolute atomic E-state index is 4.64. The minimum absolute atomic E-state index is 0.892. The Hall–Kier alpha value is -0.420. The van der Waals surface area contributed by atoms with Gasteiger partial charge in [-0.3, -0.25) is 4.99 Å². The molecule has 1 heterocycles. The molecule has 4 nitrogen and oxygen atoms in total. The predicted molar refractivity (Wildman–Crippen MR) is 87.2 cm³/mol. The Morgan fingerprint density at radius 2 is 2.05 bits per heavy atom. The molecule has 112 valence electrons. The first-order valence-electron chi connectivity index (χ1n) is 7.49. The number of piperidine rings is 1. The van der Waals surface area contributed by atoms with E-state index >= 15 is 0 Å². The zero-order chi connectivity index (χ0) is 13.9. The number of rotatable bonds is 7.